The van der Waals surface area contributed by atoms with Gasteiger partial charge in [-0.3, -0.25) is 19.3 Å². The van der Waals surface area contributed by atoms with E-state index in [1.807, 2.05) is 24.3 Å². The van der Waals surface area contributed by atoms with Crippen LogP contribution in [0.2, 0.25) is 0 Å². The zero-order valence-electron chi connectivity index (χ0n) is 16.3. The summed E-state index contributed by atoms with van der Waals surface area (Å²) in [4.78, 5) is 41.3. The molecule has 1 saturated heterocycles. The highest BCUT2D eigenvalue weighted by molar-refractivity contribution is 6.05. The molecule has 4 rings (SSSR count). The minimum Gasteiger partial charge on any atom is -0.497 e. The van der Waals surface area contributed by atoms with Gasteiger partial charge in [0.05, 0.1) is 13.7 Å². The van der Waals surface area contributed by atoms with Crippen LogP contribution in [0.5, 0.6) is 5.75 Å². The third kappa shape index (κ3) is 3.42. The number of likely N-dealkylation sites (tertiary alicyclic amines) is 1. The number of amides is 3. The van der Waals surface area contributed by atoms with Gasteiger partial charge in [0, 0.05) is 18.5 Å². The molecular formula is C23H22N2O4. The van der Waals surface area contributed by atoms with Crippen LogP contribution in [0, 0.1) is 0 Å². The van der Waals surface area contributed by atoms with Gasteiger partial charge in [0.15, 0.2) is 0 Å². The summed E-state index contributed by atoms with van der Waals surface area (Å²) in [6.45, 7) is 4.32. The van der Waals surface area contributed by atoms with Crippen molar-refractivity contribution in [3.05, 3.63) is 71.3 Å². The van der Waals surface area contributed by atoms with Crippen LogP contribution in [0.3, 0.4) is 0 Å². The van der Waals surface area contributed by atoms with Crippen molar-refractivity contribution in [2.75, 3.05) is 7.11 Å². The molecule has 2 aromatic rings. The van der Waals surface area contributed by atoms with Crippen molar-refractivity contribution in [3.8, 4) is 5.75 Å². The second-order valence-electron chi connectivity index (χ2n) is 7.27. The molecular weight excluding hydrogens is 368 g/mol. The second-order valence-corrected chi connectivity index (χ2v) is 7.27. The lowest BCUT2D eigenvalue weighted by atomic mass is 10.0. The largest absolute Gasteiger partial charge is 0.497 e. The Kier molecular flexibility index (Phi) is 4.92. The Morgan fingerprint density at radius 3 is 2.59 bits per heavy atom. The first-order chi connectivity index (χ1) is 14.0. The lowest BCUT2D eigenvalue weighted by molar-refractivity contribution is -0.153. The topological polar surface area (TPSA) is 66.9 Å². The maximum atomic E-state index is 13.1. The summed E-state index contributed by atoms with van der Waals surface area (Å²) in [6.07, 6.45) is 2.32. The second kappa shape index (κ2) is 7.54. The highest BCUT2D eigenvalue weighted by Gasteiger charge is 2.42. The summed E-state index contributed by atoms with van der Waals surface area (Å²) in [5.41, 5.74) is 3.27. The molecule has 2 heterocycles. The van der Waals surface area contributed by atoms with Crippen molar-refractivity contribution >= 4 is 23.8 Å². The zero-order chi connectivity index (χ0) is 20.5. The van der Waals surface area contributed by atoms with Crippen molar-refractivity contribution in [1.29, 1.82) is 0 Å². The molecule has 2 aliphatic heterocycles. The number of piperidine rings is 1. The fourth-order valence-corrected chi connectivity index (χ4v) is 3.93. The van der Waals surface area contributed by atoms with Gasteiger partial charge < -0.3 is 9.64 Å². The molecule has 2 aliphatic rings. The SMILES string of the molecule is C=Cc1ccc2c(c1)CN(C1CCC(=O)N(Cc3ccc(OC)cc3)C1=O)C2=O. The highest BCUT2D eigenvalue weighted by Crippen LogP contribution is 2.30. The zero-order valence-corrected chi connectivity index (χ0v) is 16.3. The molecule has 0 spiro atoms. The van der Waals surface area contributed by atoms with Crippen LogP contribution in [0.1, 0.15) is 39.9 Å². The third-order valence-electron chi connectivity index (χ3n) is 5.56. The van der Waals surface area contributed by atoms with E-state index in [-0.39, 0.29) is 30.7 Å². The molecule has 0 N–H and O–H groups in total. The molecule has 1 unspecified atom stereocenters. The van der Waals surface area contributed by atoms with E-state index in [0.29, 0.717) is 24.3 Å². The smallest absolute Gasteiger partial charge is 0.255 e. The van der Waals surface area contributed by atoms with E-state index in [4.69, 9.17) is 4.74 Å². The van der Waals surface area contributed by atoms with Crippen molar-refractivity contribution < 1.29 is 19.1 Å². The average Bonchev–Trinajstić information content (AvgIpc) is 3.07. The first-order valence-electron chi connectivity index (χ1n) is 9.55. The first-order valence-corrected chi connectivity index (χ1v) is 9.55. The molecule has 3 amide bonds. The summed E-state index contributed by atoms with van der Waals surface area (Å²) in [5.74, 6) is 0.0253. The van der Waals surface area contributed by atoms with E-state index in [1.54, 1.807) is 36.3 Å². The van der Waals surface area contributed by atoms with Gasteiger partial charge in [0.1, 0.15) is 11.8 Å². The van der Waals surface area contributed by atoms with E-state index in [0.717, 1.165) is 16.7 Å². The van der Waals surface area contributed by atoms with Crippen molar-refractivity contribution in [2.45, 2.75) is 32.0 Å². The summed E-state index contributed by atoms with van der Waals surface area (Å²) < 4.78 is 5.15. The van der Waals surface area contributed by atoms with E-state index in [9.17, 15) is 14.4 Å². The highest BCUT2D eigenvalue weighted by atomic mass is 16.5. The van der Waals surface area contributed by atoms with Crippen LogP contribution in [-0.4, -0.2) is 40.7 Å². The summed E-state index contributed by atoms with van der Waals surface area (Å²) in [5, 5.41) is 0. The van der Waals surface area contributed by atoms with Gasteiger partial charge in [0.2, 0.25) is 5.91 Å². The lowest BCUT2D eigenvalue weighted by Gasteiger charge is -2.35. The Balaban J connectivity index is 1.54. The van der Waals surface area contributed by atoms with Crippen LogP contribution in [0.25, 0.3) is 6.08 Å². The Hall–Kier alpha value is -3.41. The Morgan fingerprint density at radius 1 is 1.14 bits per heavy atom. The fraction of sp³-hybridized carbons (Fsp3) is 0.261. The lowest BCUT2D eigenvalue weighted by Crippen LogP contribution is -2.54. The summed E-state index contributed by atoms with van der Waals surface area (Å²) in [6, 6.07) is 12.2. The number of nitrogens with zero attached hydrogens (tertiary/aromatic N) is 2. The minimum absolute atomic E-state index is 0.160. The number of carbonyl (C=O) groups excluding carboxylic acids is 3. The first kappa shape index (κ1) is 18.9. The van der Waals surface area contributed by atoms with Gasteiger partial charge in [-0.1, -0.05) is 30.9 Å². The number of benzene rings is 2. The molecule has 1 fully saturated rings. The molecule has 1 atom stereocenters. The molecule has 29 heavy (non-hydrogen) atoms. The maximum absolute atomic E-state index is 13.1. The molecule has 6 nitrogen and oxygen atoms in total. The van der Waals surface area contributed by atoms with Crippen LogP contribution >= 0.6 is 0 Å². The summed E-state index contributed by atoms with van der Waals surface area (Å²) in [7, 11) is 1.58. The number of fused-ring (bicyclic) bond motifs is 1. The van der Waals surface area contributed by atoms with Crippen molar-refractivity contribution in [2.24, 2.45) is 0 Å². The number of hydrogen-bond acceptors (Lipinski definition) is 4. The van der Waals surface area contributed by atoms with Gasteiger partial charge >= 0.3 is 0 Å². The molecule has 0 aliphatic carbocycles. The van der Waals surface area contributed by atoms with Gasteiger partial charge in [0.25, 0.3) is 11.8 Å². The van der Waals surface area contributed by atoms with E-state index in [1.165, 1.54) is 4.90 Å². The molecule has 6 heteroatoms. The molecule has 0 aromatic heterocycles. The predicted octanol–water partition coefficient (Wildman–Crippen LogP) is 3.01. The third-order valence-corrected chi connectivity index (χ3v) is 5.56. The number of imide groups is 1. The normalized spacial score (nSPS) is 18.8. The quantitative estimate of drug-likeness (QED) is 0.736. The van der Waals surface area contributed by atoms with Gasteiger partial charge in [-0.15, -0.1) is 0 Å². The number of rotatable bonds is 5. The van der Waals surface area contributed by atoms with Crippen LogP contribution < -0.4 is 4.74 Å². The van der Waals surface area contributed by atoms with E-state index < -0.39 is 6.04 Å². The van der Waals surface area contributed by atoms with Gasteiger partial charge in [-0.2, -0.15) is 0 Å². The molecule has 0 bridgehead atoms. The Bertz CT molecular complexity index is 996. The predicted molar refractivity (Wildman–Crippen MR) is 108 cm³/mol. The van der Waals surface area contributed by atoms with Crippen molar-refractivity contribution in [3.63, 3.8) is 0 Å². The van der Waals surface area contributed by atoms with E-state index in [2.05, 4.69) is 6.58 Å². The van der Waals surface area contributed by atoms with Crippen LogP contribution in [-0.2, 0) is 22.7 Å². The molecule has 2 aromatic carbocycles. The maximum Gasteiger partial charge on any atom is 0.255 e. The Morgan fingerprint density at radius 2 is 1.90 bits per heavy atom. The van der Waals surface area contributed by atoms with Gasteiger partial charge in [-0.25, -0.2) is 0 Å². The van der Waals surface area contributed by atoms with E-state index >= 15 is 0 Å². The minimum atomic E-state index is -0.627. The molecule has 148 valence electrons. The number of ether oxygens (including phenoxy) is 1. The summed E-state index contributed by atoms with van der Waals surface area (Å²) >= 11 is 0. The number of carbonyl (C=O) groups is 3. The fourth-order valence-electron chi connectivity index (χ4n) is 3.93. The molecule has 0 radical (unpaired) electrons. The van der Waals surface area contributed by atoms with Gasteiger partial charge in [-0.05, 0) is 47.4 Å². The monoisotopic (exact) mass is 390 g/mol. The Labute approximate surface area is 169 Å². The number of methoxy groups -OCH3 is 1. The van der Waals surface area contributed by atoms with Crippen LogP contribution in [0.15, 0.2) is 49.0 Å². The standard InChI is InChI=1S/C23H22N2O4/c1-3-15-6-9-19-17(12-15)14-24(22(19)27)20-10-11-21(26)25(23(20)28)13-16-4-7-18(29-2)8-5-16/h3-9,12,20H,1,10-11,13-14H2,2H3. The number of hydrogen-bond donors (Lipinski definition) is 0. The molecule has 0 saturated carbocycles. The van der Waals surface area contributed by atoms with Crippen LogP contribution in [0.4, 0.5) is 0 Å². The van der Waals surface area contributed by atoms with Crippen molar-refractivity contribution in [1.82, 2.24) is 9.80 Å². The average molecular weight is 390 g/mol.